The van der Waals surface area contributed by atoms with Gasteiger partial charge in [0.15, 0.2) is 0 Å². The van der Waals surface area contributed by atoms with Crippen molar-refractivity contribution < 1.29 is 0 Å². The van der Waals surface area contributed by atoms with Crippen molar-refractivity contribution >= 4 is 0 Å². The zero-order valence-corrected chi connectivity index (χ0v) is 12.0. The molecule has 20 heavy (non-hydrogen) atoms. The second-order valence-electron chi connectivity index (χ2n) is 6.54. The fraction of sp³-hybridized carbons (Fsp3) is 0.400. The summed E-state index contributed by atoms with van der Waals surface area (Å²) in [7, 11) is 0. The molecule has 2 aromatic carbocycles. The Morgan fingerprint density at radius 1 is 0.550 bits per heavy atom. The van der Waals surface area contributed by atoms with Gasteiger partial charge in [-0.1, -0.05) is 48.5 Å². The van der Waals surface area contributed by atoms with Crippen LogP contribution >= 0.6 is 0 Å². The smallest absolute Gasteiger partial charge is 0.0245 e. The van der Waals surface area contributed by atoms with E-state index in [2.05, 4.69) is 48.5 Å². The lowest BCUT2D eigenvalue weighted by Gasteiger charge is -2.22. The maximum atomic E-state index is 2.36. The number of aryl methyl sites for hydroxylation is 2. The van der Waals surface area contributed by atoms with Crippen molar-refractivity contribution in [2.75, 3.05) is 0 Å². The van der Waals surface area contributed by atoms with Crippen LogP contribution in [0, 0.1) is 11.8 Å². The molecule has 102 valence electrons. The van der Waals surface area contributed by atoms with Gasteiger partial charge in [-0.2, -0.15) is 0 Å². The molecule has 0 heterocycles. The fourth-order valence-electron chi connectivity index (χ4n) is 4.26. The highest BCUT2D eigenvalue weighted by molar-refractivity contribution is 5.32. The number of fused-ring (bicyclic) bond motifs is 3. The predicted molar refractivity (Wildman–Crippen MR) is 83.9 cm³/mol. The molecule has 2 aliphatic rings. The molecule has 2 aromatic rings. The van der Waals surface area contributed by atoms with E-state index < -0.39 is 0 Å². The first kappa shape index (κ1) is 12.2. The topological polar surface area (TPSA) is 0 Å². The van der Waals surface area contributed by atoms with Gasteiger partial charge in [-0.25, -0.2) is 0 Å². The van der Waals surface area contributed by atoms with E-state index in [9.17, 15) is 0 Å². The number of rotatable bonds is 0. The third-order valence-corrected chi connectivity index (χ3v) is 5.44. The molecule has 0 saturated heterocycles. The summed E-state index contributed by atoms with van der Waals surface area (Å²) in [5.74, 6) is 1.76. The summed E-state index contributed by atoms with van der Waals surface area (Å²) in [6, 6.07) is 18.2. The van der Waals surface area contributed by atoms with Gasteiger partial charge in [-0.05, 0) is 72.6 Å². The monoisotopic (exact) mass is 262 g/mol. The average molecular weight is 262 g/mol. The molecule has 0 spiro atoms. The van der Waals surface area contributed by atoms with E-state index in [-0.39, 0.29) is 0 Å². The van der Waals surface area contributed by atoms with Gasteiger partial charge >= 0.3 is 0 Å². The highest BCUT2D eigenvalue weighted by atomic mass is 14.3. The van der Waals surface area contributed by atoms with E-state index in [4.69, 9.17) is 0 Å². The minimum absolute atomic E-state index is 0.881. The largest absolute Gasteiger partial charge is 0.0620 e. The van der Waals surface area contributed by atoms with Crippen LogP contribution in [-0.4, -0.2) is 0 Å². The third kappa shape index (κ3) is 2.18. The highest BCUT2D eigenvalue weighted by Crippen LogP contribution is 2.37. The van der Waals surface area contributed by atoms with Gasteiger partial charge in [-0.3, -0.25) is 0 Å². The Bertz CT molecular complexity index is 555. The summed E-state index contributed by atoms with van der Waals surface area (Å²) in [6.07, 6.45) is 7.90. The van der Waals surface area contributed by atoms with Crippen LogP contribution in [0.15, 0.2) is 48.5 Å². The summed E-state index contributed by atoms with van der Waals surface area (Å²) >= 11 is 0. The fourth-order valence-corrected chi connectivity index (χ4v) is 4.26. The Morgan fingerprint density at radius 2 is 0.950 bits per heavy atom. The maximum Gasteiger partial charge on any atom is -0.0245 e. The van der Waals surface area contributed by atoms with Crippen molar-refractivity contribution in [3.05, 3.63) is 70.8 Å². The summed E-state index contributed by atoms with van der Waals surface area (Å²) in [4.78, 5) is 0. The lowest BCUT2D eigenvalue weighted by atomic mass is 9.82. The second-order valence-corrected chi connectivity index (χ2v) is 6.54. The zero-order valence-electron chi connectivity index (χ0n) is 12.0. The molecule has 2 aliphatic carbocycles. The van der Waals surface area contributed by atoms with Crippen molar-refractivity contribution in [3.8, 4) is 0 Å². The van der Waals surface area contributed by atoms with E-state index in [0.717, 1.165) is 11.8 Å². The second kappa shape index (κ2) is 5.09. The predicted octanol–water partition coefficient (Wildman–Crippen LogP) is 4.60. The van der Waals surface area contributed by atoms with Crippen LogP contribution in [0.4, 0.5) is 0 Å². The Morgan fingerprint density at radius 3 is 1.40 bits per heavy atom. The standard InChI is InChI=1S/C20H22/c1-3-7-17-13-20-12-10-16-6-2-4-8-18(16)14-19(20)11-9-15(17)5-1/h1-8,19-20H,9-14H2. The first-order valence-electron chi connectivity index (χ1n) is 8.04. The van der Waals surface area contributed by atoms with Crippen LogP contribution in [0.3, 0.4) is 0 Å². The van der Waals surface area contributed by atoms with Gasteiger partial charge in [0.2, 0.25) is 0 Å². The van der Waals surface area contributed by atoms with Crippen LogP contribution in [0.25, 0.3) is 0 Å². The normalized spacial score (nSPS) is 24.8. The molecule has 0 amide bonds. The minimum Gasteiger partial charge on any atom is -0.0620 e. The molecule has 0 fully saturated rings. The molecule has 0 saturated carbocycles. The first-order chi connectivity index (χ1) is 9.90. The van der Waals surface area contributed by atoms with Gasteiger partial charge in [0.25, 0.3) is 0 Å². The quantitative estimate of drug-likeness (QED) is 0.651. The van der Waals surface area contributed by atoms with Gasteiger partial charge in [-0.15, -0.1) is 0 Å². The van der Waals surface area contributed by atoms with Crippen LogP contribution in [0.1, 0.15) is 35.1 Å². The Kier molecular flexibility index (Phi) is 3.10. The summed E-state index contributed by atoms with van der Waals surface area (Å²) in [6.45, 7) is 0. The lowest BCUT2D eigenvalue weighted by Crippen LogP contribution is -2.17. The molecule has 2 atom stereocenters. The van der Waals surface area contributed by atoms with Gasteiger partial charge < -0.3 is 0 Å². The van der Waals surface area contributed by atoms with Crippen molar-refractivity contribution in [2.45, 2.75) is 38.5 Å². The van der Waals surface area contributed by atoms with Crippen LogP contribution in [0.5, 0.6) is 0 Å². The van der Waals surface area contributed by atoms with Crippen molar-refractivity contribution in [3.63, 3.8) is 0 Å². The van der Waals surface area contributed by atoms with Crippen molar-refractivity contribution in [1.29, 1.82) is 0 Å². The van der Waals surface area contributed by atoms with Gasteiger partial charge in [0, 0.05) is 0 Å². The van der Waals surface area contributed by atoms with Gasteiger partial charge in [0.1, 0.15) is 0 Å². The van der Waals surface area contributed by atoms with E-state index >= 15 is 0 Å². The summed E-state index contributed by atoms with van der Waals surface area (Å²) < 4.78 is 0. The minimum atomic E-state index is 0.881. The molecular formula is C20H22. The molecule has 2 unspecified atom stereocenters. The summed E-state index contributed by atoms with van der Waals surface area (Å²) in [5, 5.41) is 0. The lowest BCUT2D eigenvalue weighted by molar-refractivity contribution is 0.309. The third-order valence-electron chi connectivity index (χ3n) is 5.44. The molecule has 0 radical (unpaired) electrons. The van der Waals surface area contributed by atoms with Crippen LogP contribution < -0.4 is 0 Å². The molecule has 0 aromatic heterocycles. The van der Waals surface area contributed by atoms with Crippen molar-refractivity contribution in [2.24, 2.45) is 11.8 Å². The highest BCUT2D eigenvalue weighted by Gasteiger charge is 2.28. The van der Waals surface area contributed by atoms with Crippen LogP contribution in [0.2, 0.25) is 0 Å². The number of benzene rings is 2. The maximum absolute atomic E-state index is 2.36. The molecule has 0 N–H and O–H groups in total. The molecule has 4 rings (SSSR count). The van der Waals surface area contributed by atoms with E-state index in [0.29, 0.717) is 0 Å². The number of hydrogen-bond donors (Lipinski definition) is 0. The number of hydrogen-bond acceptors (Lipinski definition) is 0. The molecule has 0 heteroatoms. The van der Waals surface area contributed by atoms with E-state index in [1.165, 1.54) is 38.5 Å². The molecule has 0 nitrogen and oxygen atoms in total. The first-order valence-corrected chi connectivity index (χ1v) is 8.04. The average Bonchev–Trinajstić information content (AvgIpc) is 2.76. The summed E-state index contributed by atoms with van der Waals surface area (Å²) in [5.41, 5.74) is 6.44. The van der Waals surface area contributed by atoms with Crippen LogP contribution in [-0.2, 0) is 25.7 Å². The Labute approximate surface area is 121 Å². The Hall–Kier alpha value is -1.56. The van der Waals surface area contributed by atoms with Gasteiger partial charge in [0.05, 0.1) is 0 Å². The molecule has 0 aliphatic heterocycles. The Balaban J connectivity index is 1.65. The van der Waals surface area contributed by atoms with Crippen molar-refractivity contribution in [1.82, 2.24) is 0 Å². The van der Waals surface area contributed by atoms with E-state index in [1.807, 2.05) is 0 Å². The van der Waals surface area contributed by atoms with E-state index in [1.54, 1.807) is 22.3 Å². The molecular weight excluding hydrogens is 240 g/mol. The zero-order chi connectivity index (χ0) is 13.4. The molecule has 0 bridgehead atoms. The SMILES string of the molecule is c1ccc2c(c1)CCC1Cc3ccccc3CCC1C2.